The molecule has 0 aromatic carbocycles. The second-order valence-electron chi connectivity index (χ2n) is 1.06. The zero-order valence-electron chi connectivity index (χ0n) is 3.79. The second kappa shape index (κ2) is 2.47. The molecule has 0 unspecified atom stereocenters. The van der Waals surface area contributed by atoms with Crippen LogP contribution < -0.4 is 0 Å². The largest absolute Gasteiger partial charge is 0.495 e. The van der Waals surface area contributed by atoms with Crippen LogP contribution in [0.3, 0.4) is 0 Å². The molecule has 1 aliphatic rings. The van der Waals surface area contributed by atoms with Crippen molar-refractivity contribution in [3.63, 3.8) is 0 Å². The highest BCUT2D eigenvalue weighted by Gasteiger charge is 1.88. The van der Waals surface area contributed by atoms with Crippen LogP contribution in [0.2, 0.25) is 0 Å². The molecule has 0 fully saturated rings. The summed E-state index contributed by atoms with van der Waals surface area (Å²) >= 11 is 0. The molecule has 0 spiro atoms. The van der Waals surface area contributed by atoms with E-state index in [-0.39, 0.29) is 0 Å². The van der Waals surface area contributed by atoms with Crippen LogP contribution in [0.5, 0.6) is 0 Å². The Morgan fingerprint density at radius 1 is 1.14 bits per heavy atom. The lowest BCUT2D eigenvalue weighted by atomic mass is 10.8. The summed E-state index contributed by atoms with van der Waals surface area (Å²) in [6.07, 6.45) is 2.81. The summed E-state index contributed by atoms with van der Waals surface area (Å²) < 4.78 is 4.76. The van der Waals surface area contributed by atoms with E-state index < -0.39 is 0 Å². The van der Waals surface area contributed by atoms with Crippen molar-refractivity contribution in [1.29, 1.82) is 0 Å². The molecule has 1 rings (SSSR count). The molecule has 0 aromatic rings. The second-order valence-corrected chi connectivity index (χ2v) is 1.06. The Kier molecular flexibility index (Phi) is 1.57. The Bertz CT molecular complexity index is 61.3. The molecular formula is C4H6O3. The third kappa shape index (κ3) is 1.45. The zero-order chi connectivity index (χ0) is 4.95. The van der Waals surface area contributed by atoms with Gasteiger partial charge in [0.05, 0.1) is 0 Å². The zero-order valence-corrected chi connectivity index (χ0v) is 3.79. The van der Waals surface area contributed by atoms with E-state index in [1.54, 1.807) is 0 Å². The highest BCUT2D eigenvalue weighted by Crippen LogP contribution is 1.88. The number of ether oxygens (including phenoxy) is 1. The fourth-order valence-corrected chi connectivity index (χ4v) is 0.300. The van der Waals surface area contributed by atoms with Gasteiger partial charge in [-0.2, -0.15) is 4.89 Å². The van der Waals surface area contributed by atoms with Crippen molar-refractivity contribution in [2.75, 3.05) is 13.2 Å². The summed E-state index contributed by atoms with van der Waals surface area (Å²) in [5.41, 5.74) is 0. The van der Waals surface area contributed by atoms with Gasteiger partial charge in [-0.1, -0.05) is 0 Å². The van der Waals surface area contributed by atoms with E-state index in [9.17, 15) is 0 Å². The van der Waals surface area contributed by atoms with Crippen LogP contribution >= 0.6 is 0 Å². The molecule has 3 heteroatoms. The summed E-state index contributed by atoms with van der Waals surface area (Å²) in [6.45, 7) is 1.06. The molecule has 0 radical (unpaired) electrons. The van der Waals surface area contributed by atoms with Crippen LogP contribution in [-0.2, 0) is 14.5 Å². The lowest BCUT2D eigenvalue weighted by Gasteiger charge is -1.91. The predicted molar refractivity (Wildman–Crippen MR) is 22.1 cm³/mol. The van der Waals surface area contributed by atoms with Gasteiger partial charge in [0.2, 0.25) is 0 Å². The molecule has 0 N–H and O–H groups in total. The third-order valence-corrected chi connectivity index (χ3v) is 0.560. The lowest BCUT2D eigenvalue weighted by molar-refractivity contribution is -0.246. The molecule has 7 heavy (non-hydrogen) atoms. The first-order valence-corrected chi connectivity index (χ1v) is 2.05. The van der Waals surface area contributed by atoms with Gasteiger partial charge in [-0.05, 0) is 0 Å². The van der Waals surface area contributed by atoms with Crippen LogP contribution in [0, 0.1) is 0 Å². The molecule has 0 atom stereocenters. The smallest absolute Gasteiger partial charge is 0.163 e. The van der Waals surface area contributed by atoms with Gasteiger partial charge in [-0.25, -0.2) is 0 Å². The maximum absolute atomic E-state index is 4.76. The number of hydrogen-bond donors (Lipinski definition) is 0. The van der Waals surface area contributed by atoms with E-state index in [1.807, 2.05) is 0 Å². The van der Waals surface area contributed by atoms with E-state index >= 15 is 0 Å². The topological polar surface area (TPSA) is 27.7 Å². The maximum Gasteiger partial charge on any atom is 0.163 e. The summed E-state index contributed by atoms with van der Waals surface area (Å²) in [5, 5.41) is 0. The Morgan fingerprint density at radius 3 is 3.14 bits per heavy atom. The molecule has 1 heterocycles. The van der Waals surface area contributed by atoms with Crippen LogP contribution in [0.15, 0.2) is 12.5 Å². The van der Waals surface area contributed by atoms with E-state index in [0.29, 0.717) is 13.2 Å². The minimum absolute atomic E-state index is 0.493. The number of hydrogen-bond acceptors (Lipinski definition) is 3. The van der Waals surface area contributed by atoms with Crippen molar-refractivity contribution < 1.29 is 14.5 Å². The fourth-order valence-electron chi connectivity index (χ4n) is 0.300. The van der Waals surface area contributed by atoms with E-state index in [2.05, 4.69) is 9.78 Å². The van der Waals surface area contributed by atoms with Crippen LogP contribution in [-0.4, -0.2) is 13.2 Å². The SMILES string of the molecule is C1=COOCCO1. The van der Waals surface area contributed by atoms with Crippen molar-refractivity contribution >= 4 is 0 Å². The highest BCUT2D eigenvalue weighted by molar-refractivity contribution is 4.59. The molecular weight excluding hydrogens is 96.0 g/mol. The Labute approximate surface area is 41.4 Å². The summed E-state index contributed by atoms with van der Waals surface area (Å²) in [5.74, 6) is 0. The van der Waals surface area contributed by atoms with Crippen molar-refractivity contribution in [3.05, 3.63) is 12.5 Å². The van der Waals surface area contributed by atoms with Gasteiger partial charge in [-0.15, -0.1) is 0 Å². The van der Waals surface area contributed by atoms with Gasteiger partial charge >= 0.3 is 0 Å². The lowest BCUT2D eigenvalue weighted by Crippen LogP contribution is -1.95. The molecule has 0 saturated carbocycles. The Morgan fingerprint density at radius 2 is 2.14 bits per heavy atom. The minimum atomic E-state index is 0.493. The van der Waals surface area contributed by atoms with Gasteiger partial charge < -0.3 is 9.62 Å². The van der Waals surface area contributed by atoms with E-state index in [1.165, 1.54) is 12.5 Å². The summed E-state index contributed by atoms with van der Waals surface area (Å²) in [7, 11) is 0. The van der Waals surface area contributed by atoms with Crippen LogP contribution in [0.4, 0.5) is 0 Å². The molecule has 3 nitrogen and oxygen atoms in total. The van der Waals surface area contributed by atoms with E-state index in [0.717, 1.165) is 0 Å². The first kappa shape index (κ1) is 4.46. The molecule has 0 aliphatic carbocycles. The van der Waals surface area contributed by atoms with Gasteiger partial charge in [-0.3, -0.25) is 0 Å². The molecule has 0 amide bonds. The van der Waals surface area contributed by atoms with E-state index in [4.69, 9.17) is 4.74 Å². The van der Waals surface area contributed by atoms with Crippen molar-refractivity contribution in [3.8, 4) is 0 Å². The molecule has 0 aromatic heterocycles. The van der Waals surface area contributed by atoms with Crippen molar-refractivity contribution in [2.24, 2.45) is 0 Å². The van der Waals surface area contributed by atoms with Gasteiger partial charge in [0.25, 0.3) is 0 Å². The molecule has 1 aliphatic heterocycles. The first-order valence-electron chi connectivity index (χ1n) is 2.05. The number of rotatable bonds is 0. The van der Waals surface area contributed by atoms with Gasteiger partial charge in [0.1, 0.15) is 19.5 Å². The summed E-state index contributed by atoms with van der Waals surface area (Å²) in [6, 6.07) is 0. The van der Waals surface area contributed by atoms with Crippen LogP contribution in [0.1, 0.15) is 0 Å². The Hall–Kier alpha value is -0.700. The standard InChI is InChI=1S/C4H6O3/c1-3-6-7-4-2-5-1/h1,3H,2,4H2. The molecule has 0 bridgehead atoms. The van der Waals surface area contributed by atoms with Crippen molar-refractivity contribution in [2.45, 2.75) is 0 Å². The average Bonchev–Trinajstić information content (AvgIpc) is 1.90. The van der Waals surface area contributed by atoms with Crippen molar-refractivity contribution in [1.82, 2.24) is 0 Å². The van der Waals surface area contributed by atoms with Gasteiger partial charge in [0, 0.05) is 0 Å². The molecule has 40 valence electrons. The first-order chi connectivity index (χ1) is 3.50. The fraction of sp³-hybridized carbons (Fsp3) is 0.500. The highest BCUT2D eigenvalue weighted by atomic mass is 17.2. The van der Waals surface area contributed by atoms with Crippen LogP contribution in [0.25, 0.3) is 0 Å². The minimum Gasteiger partial charge on any atom is -0.495 e. The van der Waals surface area contributed by atoms with Gasteiger partial charge in [0.15, 0.2) is 6.26 Å². The quantitative estimate of drug-likeness (QED) is 0.415. The average molecular weight is 102 g/mol. The Balaban J connectivity index is 2.20. The monoisotopic (exact) mass is 102 g/mol. The molecule has 0 saturated heterocycles. The normalized spacial score (nSPS) is 19.4. The summed E-state index contributed by atoms with van der Waals surface area (Å²) in [4.78, 5) is 8.87. The maximum atomic E-state index is 4.76. The third-order valence-electron chi connectivity index (χ3n) is 0.560. The predicted octanol–water partition coefficient (Wildman–Crippen LogP) is 0.436.